The molecule has 2 aromatic rings. The van der Waals surface area contributed by atoms with Gasteiger partial charge in [0.2, 0.25) is 0 Å². The molecule has 0 aliphatic heterocycles. The van der Waals surface area contributed by atoms with Crippen LogP contribution < -0.4 is 11.1 Å². The number of hydrogen-bond acceptors (Lipinski definition) is 4. The van der Waals surface area contributed by atoms with Crippen molar-refractivity contribution in [3.8, 4) is 0 Å². The zero-order valence-electron chi connectivity index (χ0n) is 12.1. The number of nitrogens with two attached hydrogens (primary N) is 1. The highest BCUT2D eigenvalue weighted by Gasteiger charge is 2.04. The molecule has 0 unspecified atom stereocenters. The third kappa shape index (κ3) is 4.04. The first-order chi connectivity index (χ1) is 9.83. The molecular weight excluding hydrogens is 266 g/mol. The standard InChI is InChI=1S/C16H23N3S/c1-20-12-5-3-2-4-10-18-15-9-8-14(17)13-7-6-11-19-16(13)15/h6-9,11,18H,2-5,10,12,17H2,1H3. The number of nitrogens with zero attached hydrogens (tertiary/aromatic N) is 1. The minimum Gasteiger partial charge on any atom is -0.398 e. The van der Waals surface area contributed by atoms with Gasteiger partial charge in [-0.15, -0.1) is 0 Å². The van der Waals surface area contributed by atoms with Crippen LogP contribution in [0.3, 0.4) is 0 Å². The second-order valence-electron chi connectivity index (χ2n) is 4.94. The van der Waals surface area contributed by atoms with Crippen LogP contribution in [0.2, 0.25) is 0 Å². The highest BCUT2D eigenvalue weighted by molar-refractivity contribution is 7.98. The van der Waals surface area contributed by atoms with Crippen LogP contribution in [0.1, 0.15) is 25.7 Å². The van der Waals surface area contributed by atoms with E-state index in [2.05, 4.69) is 16.6 Å². The number of anilines is 2. The first-order valence-corrected chi connectivity index (χ1v) is 8.58. The molecule has 3 nitrogen and oxygen atoms in total. The molecule has 1 heterocycles. The summed E-state index contributed by atoms with van der Waals surface area (Å²) < 4.78 is 0. The van der Waals surface area contributed by atoms with Crippen LogP contribution in [0.4, 0.5) is 11.4 Å². The minimum absolute atomic E-state index is 0.788. The molecule has 1 aromatic carbocycles. The van der Waals surface area contributed by atoms with E-state index in [1.54, 1.807) is 0 Å². The third-order valence-electron chi connectivity index (χ3n) is 3.39. The first-order valence-electron chi connectivity index (χ1n) is 7.19. The number of aromatic nitrogens is 1. The summed E-state index contributed by atoms with van der Waals surface area (Å²) in [7, 11) is 0. The van der Waals surface area contributed by atoms with Crippen LogP contribution in [0.5, 0.6) is 0 Å². The van der Waals surface area contributed by atoms with Crippen molar-refractivity contribution in [1.29, 1.82) is 0 Å². The molecular formula is C16H23N3S. The van der Waals surface area contributed by atoms with Gasteiger partial charge in [-0.05, 0) is 49.1 Å². The quantitative estimate of drug-likeness (QED) is 0.566. The van der Waals surface area contributed by atoms with Gasteiger partial charge in [-0.3, -0.25) is 4.98 Å². The molecule has 0 saturated heterocycles. The molecule has 0 radical (unpaired) electrons. The van der Waals surface area contributed by atoms with E-state index < -0.39 is 0 Å². The Balaban J connectivity index is 1.86. The summed E-state index contributed by atoms with van der Waals surface area (Å²) in [6.07, 6.45) is 9.12. The summed E-state index contributed by atoms with van der Waals surface area (Å²) in [4.78, 5) is 4.44. The zero-order valence-corrected chi connectivity index (χ0v) is 12.9. The maximum absolute atomic E-state index is 5.98. The van der Waals surface area contributed by atoms with Crippen molar-refractivity contribution >= 4 is 34.0 Å². The second-order valence-corrected chi connectivity index (χ2v) is 5.92. The maximum Gasteiger partial charge on any atom is 0.0953 e. The van der Waals surface area contributed by atoms with Crippen LogP contribution in [0, 0.1) is 0 Å². The molecule has 0 amide bonds. The Labute approximate surface area is 125 Å². The molecule has 0 fully saturated rings. The summed E-state index contributed by atoms with van der Waals surface area (Å²) in [6, 6.07) is 7.92. The van der Waals surface area contributed by atoms with E-state index in [9.17, 15) is 0 Å². The molecule has 20 heavy (non-hydrogen) atoms. The molecule has 4 heteroatoms. The highest BCUT2D eigenvalue weighted by atomic mass is 32.2. The average Bonchev–Trinajstić information content (AvgIpc) is 2.49. The topological polar surface area (TPSA) is 50.9 Å². The monoisotopic (exact) mass is 289 g/mol. The summed E-state index contributed by atoms with van der Waals surface area (Å²) in [5, 5.41) is 4.51. The number of pyridine rings is 1. The van der Waals surface area contributed by atoms with Gasteiger partial charge in [-0.25, -0.2) is 0 Å². The highest BCUT2D eigenvalue weighted by Crippen LogP contribution is 2.26. The van der Waals surface area contributed by atoms with Gasteiger partial charge < -0.3 is 11.1 Å². The van der Waals surface area contributed by atoms with Crippen molar-refractivity contribution in [2.45, 2.75) is 25.7 Å². The van der Waals surface area contributed by atoms with Gasteiger partial charge in [0.1, 0.15) is 0 Å². The van der Waals surface area contributed by atoms with Crippen molar-refractivity contribution in [3.63, 3.8) is 0 Å². The van der Waals surface area contributed by atoms with Crippen LogP contribution >= 0.6 is 11.8 Å². The van der Waals surface area contributed by atoms with Gasteiger partial charge in [0, 0.05) is 23.8 Å². The van der Waals surface area contributed by atoms with Crippen LogP contribution in [0.15, 0.2) is 30.5 Å². The van der Waals surface area contributed by atoms with E-state index in [-0.39, 0.29) is 0 Å². The summed E-state index contributed by atoms with van der Waals surface area (Å²) >= 11 is 1.93. The number of rotatable bonds is 8. The normalized spacial score (nSPS) is 10.8. The maximum atomic E-state index is 5.98. The molecule has 0 aliphatic rings. The summed E-state index contributed by atoms with van der Waals surface area (Å²) in [6.45, 7) is 0.995. The number of nitrogen functional groups attached to an aromatic ring is 1. The van der Waals surface area contributed by atoms with Crippen LogP contribution in [-0.4, -0.2) is 23.5 Å². The fourth-order valence-electron chi connectivity index (χ4n) is 2.29. The molecule has 0 aliphatic carbocycles. The van der Waals surface area contributed by atoms with Crippen molar-refractivity contribution < 1.29 is 0 Å². The Kier molecular flexibility index (Phi) is 5.99. The van der Waals surface area contributed by atoms with Gasteiger partial charge in [0.05, 0.1) is 11.2 Å². The van der Waals surface area contributed by atoms with E-state index >= 15 is 0 Å². The van der Waals surface area contributed by atoms with Gasteiger partial charge in [-0.1, -0.05) is 12.8 Å². The Morgan fingerprint density at radius 1 is 1.15 bits per heavy atom. The number of fused-ring (bicyclic) bond motifs is 1. The number of unbranched alkanes of at least 4 members (excludes halogenated alkanes) is 3. The molecule has 0 spiro atoms. The van der Waals surface area contributed by atoms with E-state index in [0.717, 1.165) is 28.8 Å². The molecule has 2 rings (SSSR count). The van der Waals surface area contributed by atoms with Crippen LogP contribution in [0.25, 0.3) is 10.9 Å². The molecule has 0 atom stereocenters. The van der Waals surface area contributed by atoms with Crippen molar-refractivity contribution in [2.24, 2.45) is 0 Å². The fraction of sp³-hybridized carbons (Fsp3) is 0.438. The Morgan fingerprint density at radius 3 is 2.85 bits per heavy atom. The third-order valence-corrected chi connectivity index (χ3v) is 4.09. The van der Waals surface area contributed by atoms with Gasteiger partial charge in [-0.2, -0.15) is 11.8 Å². The molecule has 3 N–H and O–H groups in total. The van der Waals surface area contributed by atoms with E-state index in [1.807, 2.05) is 42.2 Å². The average molecular weight is 289 g/mol. The molecule has 0 bridgehead atoms. The van der Waals surface area contributed by atoms with E-state index in [4.69, 9.17) is 5.73 Å². The lowest BCUT2D eigenvalue weighted by Gasteiger charge is -2.10. The van der Waals surface area contributed by atoms with Crippen molar-refractivity contribution in [3.05, 3.63) is 30.5 Å². The van der Waals surface area contributed by atoms with Crippen molar-refractivity contribution in [2.75, 3.05) is 29.6 Å². The summed E-state index contributed by atoms with van der Waals surface area (Å²) in [5.74, 6) is 1.28. The number of benzene rings is 1. The Hall–Kier alpha value is -1.42. The zero-order chi connectivity index (χ0) is 14.2. The Morgan fingerprint density at radius 2 is 2.00 bits per heavy atom. The number of thioether (sulfide) groups is 1. The lowest BCUT2D eigenvalue weighted by Crippen LogP contribution is -2.03. The lowest BCUT2D eigenvalue weighted by atomic mass is 10.1. The van der Waals surface area contributed by atoms with E-state index in [1.165, 1.54) is 31.4 Å². The minimum atomic E-state index is 0.788. The largest absolute Gasteiger partial charge is 0.398 e. The Bertz CT molecular complexity index is 542. The lowest BCUT2D eigenvalue weighted by molar-refractivity contribution is 0.689. The predicted octanol–water partition coefficient (Wildman–Crippen LogP) is 4.15. The SMILES string of the molecule is CSCCCCCCNc1ccc(N)c2cccnc12. The fourth-order valence-corrected chi connectivity index (χ4v) is 2.78. The first kappa shape index (κ1) is 15.0. The van der Waals surface area contributed by atoms with Gasteiger partial charge >= 0.3 is 0 Å². The molecule has 108 valence electrons. The summed E-state index contributed by atoms with van der Waals surface area (Å²) in [5.41, 5.74) is 8.82. The van der Waals surface area contributed by atoms with Crippen LogP contribution in [-0.2, 0) is 0 Å². The molecule has 1 aromatic heterocycles. The van der Waals surface area contributed by atoms with Crippen molar-refractivity contribution in [1.82, 2.24) is 4.98 Å². The predicted molar refractivity (Wildman–Crippen MR) is 91.5 cm³/mol. The molecule has 0 saturated carbocycles. The van der Waals surface area contributed by atoms with Gasteiger partial charge in [0.15, 0.2) is 0 Å². The van der Waals surface area contributed by atoms with Gasteiger partial charge in [0.25, 0.3) is 0 Å². The number of hydrogen-bond donors (Lipinski definition) is 2. The second kappa shape index (κ2) is 8.00. The van der Waals surface area contributed by atoms with E-state index in [0.29, 0.717) is 0 Å². The smallest absolute Gasteiger partial charge is 0.0953 e. The number of nitrogens with one attached hydrogen (secondary N) is 1.